The lowest BCUT2D eigenvalue weighted by Gasteiger charge is -2.34. The maximum Gasteiger partial charge on any atom is 0.319 e. The SMILES string of the molecule is Cc1c(-c2c(Cl)cc3c(N4CC5CCC(C4)N5)nc(OC[C@]4(C)CCCN4I)nc3c2F)c2c(C#N)c(N)ccc2n1C. The number of ether oxygens (including phenoxy) is 1. The number of piperazine rings is 1. The van der Waals surface area contributed by atoms with Crippen molar-refractivity contribution >= 4 is 67.8 Å². The molecule has 12 heteroatoms. The third-order valence-corrected chi connectivity index (χ3v) is 11.5. The largest absolute Gasteiger partial charge is 0.461 e. The van der Waals surface area contributed by atoms with Gasteiger partial charge in [0.15, 0.2) is 5.82 Å². The van der Waals surface area contributed by atoms with Gasteiger partial charge in [-0.25, -0.2) is 7.50 Å². The van der Waals surface area contributed by atoms with E-state index in [9.17, 15) is 5.26 Å². The number of nitrogens with zero attached hydrogens (tertiary/aromatic N) is 6. The molecule has 2 unspecified atom stereocenters. The van der Waals surface area contributed by atoms with Crippen molar-refractivity contribution in [3.63, 3.8) is 0 Å². The van der Waals surface area contributed by atoms with Crippen molar-refractivity contribution in [1.29, 1.82) is 5.26 Å². The van der Waals surface area contributed by atoms with Crippen LogP contribution in [-0.4, -0.2) is 61.5 Å². The van der Waals surface area contributed by atoms with Crippen molar-refractivity contribution in [3.05, 3.63) is 40.3 Å². The lowest BCUT2D eigenvalue weighted by Crippen LogP contribution is -2.51. The molecule has 3 atom stereocenters. The van der Waals surface area contributed by atoms with Gasteiger partial charge in [0.1, 0.15) is 24.0 Å². The highest BCUT2D eigenvalue weighted by Crippen LogP contribution is 2.45. The first-order valence-corrected chi connectivity index (χ1v) is 16.0. The van der Waals surface area contributed by atoms with E-state index in [-0.39, 0.29) is 27.7 Å². The summed E-state index contributed by atoms with van der Waals surface area (Å²) in [6, 6.07) is 8.39. The van der Waals surface area contributed by atoms with Crippen LogP contribution in [0.25, 0.3) is 32.9 Å². The van der Waals surface area contributed by atoms with E-state index in [2.05, 4.69) is 54.2 Å². The minimum absolute atomic E-state index is 0.145. The summed E-state index contributed by atoms with van der Waals surface area (Å²) < 4.78 is 27.5. The van der Waals surface area contributed by atoms with Gasteiger partial charge in [-0.1, -0.05) is 11.6 Å². The van der Waals surface area contributed by atoms with E-state index in [0.717, 1.165) is 56.5 Å². The van der Waals surface area contributed by atoms with Crippen LogP contribution >= 0.6 is 34.5 Å². The highest BCUT2D eigenvalue weighted by atomic mass is 127. The summed E-state index contributed by atoms with van der Waals surface area (Å²) in [6.07, 6.45) is 4.28. The standard InChI is InChI=1S/C31H33ClFIN8O/c1-16-24(25-20(12-35)22(36)7-8-23(25)40(16)3)26-21(32)11-19-28(27(26)33)38-30(43-15-31(2)9-4-10-42(31)34)39-29(19)41-13-17-5-6-18(14-41)37-17/h7-8,11,17-18,37H,4-6,9-10,13-15,36H2,1-3H3/t17?,18?,31-/m0/s1. The molecule has 0 spiro atoms. The zero-order valence-corrected chi connectivity index (χ0v) is 27.3. The molecule has 2 aromatic heterocycles. The van der Waals surface area contributed by atoms with Crippen LogP contribution in [0, 0.1) is 24.1 Å². The molecule has 5 heterocycles. The Bertz CT molecular complexity index is 1830. The van der Waals surface area contributed by atoms with Gasteiger partial charge in [-0.05, 0) is 57.7 Å². The van der Waals surface area contributed by atoms with Crippen LogP contribution in [0.4, 0.5) is 15.9 Å². The minimum Gasteiger partial charge on any atom is -0.461 e. The first-order chi connectivity index (χ1) is 20.6. The number of anilines is 2. The van der Waals surface area contributed by atoms with Gasteiger partial charge in [0.05, 0.1) is 27.3 Å². The molecule has 0 saturated carbocycles. The Morgan fingerprint density at radius 1 is 1.26 bits per heavy atom. The molecule has 3 saturated heterocycles. The zero-order valence-electron chi connectivity index (χ0n) is 24.3. The number of nitrogens with two attached hydrogens (primary N) is 1. The van der Waals surface area contributed by atoms with Crippen molar-refractivity contribution in [2.45, 2.75) is 57.2 Å². The second kappa shape index (κ2) is 10.6. The molecule has 2 bridgehead atoms. The first kappa shape index (κ1) is 28.8. The van der Waals surface area contributed by atoms with Crippen molar-refractivity contribution in [3.8, 4) is 23.2 Å². The van der Waals surface area contributed by atoms with E-state index in [1.807, 2.05) is 24.6 Å². The smallest absolute Gasteiger partial charge is 0.319 e. The lowest BCUT2D eigenvalue weighted by atomic mass is 9.96. The van der Waals surface area contributed by atoms with Gasteiger partial charge in [-0.15, -0.1) is 0 Å². The van der Waals surface area contributed by atoms with Gasteiger partial charge < -0.3 is 25.3 Å². The molecule has 0 radical (unpaired) electrons. The zero-order chi connectivity index (χ0) is 30.2. The summed E-state index contributed by atoms with van der Waals surface area (Å²) in [4.78, 5) is 11.8. The van der Waals surface area contributed by atoms with Gasteiger partial charge in [0.2, 0.25) is 0 Å². The van der Waals surface area contributed by atoms with Crippen LogP contribution in [0.1, 0.15) is 43.9 Å². The van der Waals surface area contributed by atoms with Gasteiger partial charge in [0, 0.05) is 89.2 Å². The third kappa shape index (κ3) is 4.60. The van der Waals surface area contributed by atoms with E-state index in [0.29, 0.717) is 52.1 Å². The van der Waals surface area contributed by atoms with Gasteiger partial charge in [0.25, 0.3) is 0 Å². The van der Waals surface area contributed by atoms with E-state index in [4.69, 9.17) is 27.1 Å². The predicted octanol–water partition coefficient (Wildman–Crippen LogP) is 5.87. The van der Waals surface area contributed by atoms with Crippen LogP contribution in [0.15, 0.2) is 18.2 Å². The van der Waals surface area contributed by atoms with Crippen LogP contribution in [-0.2, 0) is 7.05 Å². The molecule has 224 valence electrons. The number of fused-ring (bicyclic) bond motifs is 4. The summed E-state index contributed by atoms with van der Waals surface area (Å²) >= 11 is 9.32. The van der Waals surface area contributed by atoms with Crippen molar-refractivity contribution in [1.82, 2.24) is 23.0 Å². The monoisotopic (exact) mass is 714 g/mol. The summed E-state index contributed by atoms with van der Waals surface area (Å²) in [5.41, 5.74) is 9.08. The number of hydrogen-bond donors (Lipinski definition) is 2. The maximum absolute atomic E-state index is 17.0. The molecule has 3 N–H and O–H groups in total. The molecule has 3 fully saturated rings. The average molecular weight is 715 g/mol. The quantitative estimate of drug-likeness (QED) is 0.150. The topological polar surface area (TPSA) is 108 Å². The minimum atomic E-state index is -0.571. The molecular formula is C31H33ClFIN8O. The Labute approximate surface area is 268 Å². The number of hydrogen-bond acceptors (Lipinski definition) is 8. The van der Waals surface area contributed by atoms with Crippen LogP contribution < -0.4 is 20.7 Å². The third-order valence-electron chi connectivity index (χ3n) is 9.58. The number of aryl methyl sites for hydroxylation is 1. The number of benzene rings is 2. The number of aromatic nitrogens is 3. The molecule has 3 aliphatic rings. The summed E-state index contributed by atoms with van der Waals surface area (Å²) in [5, 5.41) is 15.0. The Morgan fingerprint density at radius 2 is 2.00 bits per heavy atom. The van der Waals surface area contributed by atoms with Crippen molar-refractivity contribution < 1.29 is 9.13 Å². The molecule has 7 rings (SSSR count). The number of nitrogen functional groups attached to an aromatic ring is 1. The first-order valence-electron chi connectivity index (χ1n) is 14.6. The molecule has 4 aromatic rings. The normalized spacial score (nSPS) is 23.9. The Hall–Kier alpha value is -2.92. The fraction of sp³-hybridized carbons (Fsp3) is 0.452. The second-order valence-electron chi connectivity index (χ2n) is 12.3. The van der Waals surface area contributed by atoms with Gasteiger partial charge in [-0.3, -0.25) is 0 Å². The summed E-state index contributed by atoms with van der Waals surface area (Å²) in [5.74, 6) is 0.0591. The van der Waals surface area contributed by atoms with Crippen molar-refractivity contribution in [2.24, 2.45) is 7.05 Å². The Balaban J connectivity index is 1.44. The molecule has 3 aliphatic heterocycles. The van der Waals surface area contributed by atoms with E-state index in [1.54, 1.807) is 12.1 Å². The number of halogens is 3. The average Bonchev–Trinajstić information content (AvgIpc) is 3.59. The lowest BCUT2D eigenvalue weighted by molar-refractivity contribution is 0.162. The number of nitriles is 1. The molecule has 0 aliphatic carbocycles. The summed E-state index contributed by atoms with van der Waals surface area (Å²) in [6.45, 7) is 6.96. The predicted molar refractivity (Wildman–Crippen MR) is 176 cm³/mol. The van der Waals surface area contributed by atoms with E-state index in [1.165, 1.54) is 0 Å². The highest BCUT2D eigenvalue weighted by molar-refractivity contribution is 14.1. The Morgan fingerprint density at radius 3 is 2.67 bits per heavy atom. The molecule has 43 heavy (non-hydrogen) atoms. The van der Waals surface area contributed by atoms with E-state index >= 15 is 4.39 Å². The fourth-order valence-electron chi connectivity index (χ4n) is 7.11. The fourth-order valence-corrected chi connectivity index (χ4v) is 8.12. The van der Waals surface area contributed by atoms with Crippen molar-refractivity contribution in [2.75, 3.05) is 36.9 Å². The van der Waals surface area contributed by atoms with Gasteiger partial charge in [-0.2, -0.15) is 15.2 Å². The molecule has 9 nitrogen and oxygen atoms in total. The second-order valence-corrected chi connectivity index (χ2v) is 13.9. The number of rotatable bonds is 5. The summed E-state index contributed by atoms with van der Waals surface area (Å²) in [7, 11) is 1.89. The Kier molecular flexibility index (Phi) is 7.11. The molecule has 0 amide bonds. The van der Waals surface area contributed by atoms with Gasteiger partial charge >= 0.3 is 6.01 Å². The van der Waals surface area contributed by atoms with Crippen LogP contribution in [0.5, 0.6) is 6.01 Å². The number of nitrogens with one attached hydrogen (secondary N) is 1. The molecular weight excluding hydrogens is 682 g/mol. The molecule has 2 aromatic carbocycles. The highest BCUT2D eigenvalue weighted by Gasteiger charge is 2.38. The van der Waals surface area contributed by atoms with E-state index < -0.39 is 5.82 Å². The van der Waals surface area contributed by atoms with Crippen LogP contribution in [0.3, 0.4) is 0 Å². The maximum atomic E-state index is 17.0. The van der Waals surface area contributed by atoms with Crippen LogP contribution in [0.2, 0.25) is 5.02 Å².